The molecule has 1 aliphatic carbocycles. The second kappa shape index (κ2) is 6.76. The highest BCUT2D eigenvalue weighted by atomic mass is 16.2. The normalized spacial score (nSPS) is 23.0. The van der Waals surface area contributed by atoms with Crippen molar-refractivity contribution >= 4 is 5.69 Å². The highest BCUT2D eigenvalue weighted by Crippen LogP contribution is 2.28. The van der Waals surface area contributed by atoms with E-state index in [-0.39, 0.29) is 6.61 Å². The van der Waals surface area contributed by atoms with E-state index in [0.717, 1.165) is 18.9 Å². The summed E-state index contributed by atoms with van der Waals surface area (Å²) in [5, 5.41) is 12.4. The molecule has 0 amide bonds. The average molecular weight is 259 g/mol. The van der Waals surface area contributed by atoms with Gasteiger partial charge in [0.25, 0.3) is 0 Å². The minimum Gasteiger partial charge on any atom is -0.396 e. The average Bonchev–Trinajstić information content (AvgIpc) is 2.37. The first kappa shape index (κ1) is 14.1. The third-order valence-electron chi connectivity index (χ3n) is 3.83. The summed E-state index contributed by atoms with van der Waals surface area (Å²) >= 11 is 0. The summed E-state index contributed by atoms with van der Waals surface area (Å²) in [6.07, 6.45) is 5.65. The molecule has 0 aromatic heterocycles. The van der Waals surface area contributed by atoms with Gasteiger partial charge in [-0.25, -0.2) is 0 Å². The monoisotopic (exact) mass is 259 g/mol. The van der Waals surface area contributed by atoms with Crippen molar-refractivity contribution in [1.82, 2.24) is 0 Å². The van der Waals surface area contributed by atoms with Gasteiger partial charge in [0.2, 0.25) is 0 Å². The van der Waals surface area contributed by atoms with Gasteiger partial charge in [0.05, 0.1) is 0 Å². The van der Waals surface area contributed by atoms with E-state index in [2.05, 4.69) is 49.5 Å². The molecule has 1 aromatic rings. The zero-order chi connectivity index (χ0) is 13.7. The van der Waals surface area contributed by atoms with Crippen LogP contribution in [-0.4, -0.2) is 18.3 Å². The molecule has 2 rings (SSSR count). The van der Waals surface area contributed by atoms with Crippen LogP contribution in [0.15, 0.2) is 35.9 Å². The third-order valence-corrected chi connectivity index (χ3v) is 3.83. The van der Waals surface area contributed by atoms with E-state index in [1.54, 1.807) is 0 Å². The number of anilines is 1. The fourth-order valence-corrected chi connectivity index (χ4v) is 3.02. The zero-order valence-corrected chi connectivity index (χ0v) is 12.0. The summed E-state index contributed by atoms with van der Waals surface area (Å²) in [6, 6.07) is 8.40. The Kier molecular flexibility index (Phi) is 5.03. The number of rotatable bonds is 5. The van der Waals surface area contributed by atoms with E-state index in [0.29, 0.717) is 5.92 Å². The molecule has 0 bridgehead atoms. The topological polar surface area (TPSA) is 32.3 Å². The lowest BCUT2D eigenvalue weighted by Gasteiger charge is -2.26. The minimum atomic E-state index is 0.221. The van der Waals surface area contributed by atoms with Gasteiger partial charge >= 0.3 is 0 Å². The first-order chi connectivity index (χ1) is 9.17. The Morgan fingerprint density at radius 1 is 1.26 bits per heavy atom. The SMILES string of the molecule is CC1=CC(C)CC(CNc2ccc(CCO)cc2)C1. The molecule has 2 nitrogen and oxygen atoms in total. The molecule has 0 aliphatic heterocycles. The second-order valence-corrected chi connectivity index (χ2v) is 5.85. The summed E-state index contributed by atoms with van der Waals surface area (Å²) in [4.78, 5) is 0. The molecule has 0 fully saturated rings. The summed E-state index contributed by atoms with van der Waals surface area (Å²) in [6.45, 7) is 5.82. The lowest BCUT2D eigenvalue weighted by Crippen LogP contribution is -2.20. The first-order valence-corrected chi connectivity index (χ1v) is 7.28. The quantitative estimate of drug-likeness (QED) is 0.791. The molecule has 0 radical (unpaired) electrons. The van der Waals surface area contributed by atoms with Crippen LogP contribution in [-0.2, 0) is 6.42 Å². The van der Waals surface area contributed by atoms with Gasteiger partial charge in [-0.2, -0.15) is 0 Å². The Hall–Kier alpha value is -1.28. The molecule has 1 aliphatic rings. The Labute approximate surface area is 116 Å². The highest BCUT2D eigenvalue weighted by Gasteiger charge is 2.17. The van der Waals surface area contributed by atoms with E-state index in [9.17, 15) is 0 Å². The number of aliphatic hydroxyl groups excluding tert-OH is 1. The van der Waals surface area contributed by atoms with E-state index in [1.807, 2.05) is 0 Å². The molecule has 2 heteroatoms. The molecule has 19 heavy (non-hydrogen) atoms. The number of hydrogen-bond acceptors (Lipinski definition) is 2. The number of nitrogens with one attached hydrogen (secondary N) is 1. The Balaban J connectivity index is 1.83. The van der Waals surface area contributed by atoms with Gasteiger partial charge in [-0.15, -0.1) is 0 Å². The van der Waals surface area contributed by atoms with Gasteiger partial charge in [0, 0.05) is 18.8 Å². The van der Waals surface area contributed by atoms with Crippen molar-refractivity contribution in [2.45, 2.75) is 33.1 Å². The maximum absolute atomic E-state index is 8.89. The van der Waals surface area contributed by atoms with Crippen LogP contribution in [0.3, 0.4) is 0 Å². The van der Waals surface area contributed by atoms with Gasteiger partial charge in [-0.3, -0.25) is 0 Å². The molecule has 2 atom stereocenters. The van der Waals surface area contributed by atoms with E-state index in [1.165, 1.54) is 29.7 Å². The molecule has 2 N–H and O–H groups in total. The van der Waals surface area contributed by atoms with Crippen molar-refractivity contribution < 1.29 is 5.11 Å². The van der Waals surface area contributed by atoms with E-state index >= 15 is 0 Å². The van der Waals surface area contributed by atoms with Crippen LogP contribution in [0.2, 0.25) is 0 Å². The maximum Gasteiger partial charge on any atom is 0.0471 e. The first-order valence-electron chi connectivity index (χ1n) is 7.28. The number of allylic oxidation sites excluding steroid dienone is 2. The summed E-state index contributed by atoms with van der Waals surface area (Å²) < 4.78 is 0. The van der Waals surface area contributed by atoms with Crippen LogP contribution in [0.5, 0.6) is 0 Å². The Morgan fingerprint density at radius 3 is 2.63 bits per heavy atom. The van der Waals surface area contributed by atoms with Gasteiger partial charge < -0.3 is 10.4 Å². The van der Waals surface area contributed by atoms with Crippen LogP contribution < -0.4 is 5.32 Å². The minimum absolute atomic E-state index is 0.221. The fraction of sp³-hybridized carbons (Fsp3) is 0.529. The molecule has 0 saturated carbocycles. The summed E-state index contributed by atoms with van der Waals surface area (Å²) in [5.74, 6) is 1.46. The van der Waals surface area contributed by atoms with Crippen molar-refractivity contribution in [3.63, 3.8) is 0 Å². The molecule has 0 spiro atoms. The molecule has 2 unspecified atom stereocenters. The number of benzene rings is 1. The highest BCUT2D eigenvalue weighted by molar-refractivity contribution is 5.44. The van der Waals surface area contributed by atoms with Crippen molar-refractivity contribution in [2.24, 2.45) is 11.8 Å². The van der Waals surface area contributed by atoms with Crippen LogP contribution in [0.4, 0.5) is 5.69 Å². The van der Waals surface area contributed by atoms with Crippen molar-refractivity contribution in [2.75, 3.05) is 18.5 Å². The lowest BCUT2D eigenvalue weighted by molar-refractivity contribution is 0.299. The third kappa shape index (κ3) is 4.39. The second-order valence-electron chi connectivity index (χ2n) is 5.85. The van der Waals surface area contributed by atoms with Gasteiger partial charge in [0.15, 0.2) is 0 Å². The van der Waals surface area contributed by atoms with Crippen LogP contribution in [0, 0.1) is 11.8 Å². The summed E-state index contributed by atoms with van der Waals surface area (Å²) in [7, 11) is 0. The maximum atomic E-state index is 8.89. The molecular weight excluding hydrogens is 234 g/mol. The van der Waals surface area contributed by atoms with Crippen LogP contribution >= 0.6 is 0 Å². The number of hydrogen-bond donors (Lipinski definition) is 2. The van der Waals surface area contributed by atoms with Crippen molar-refractivity contribution in [3.05, 3.63) is 41.5 Å². The number of aliphatic hydroxyl groups is 1. The van der Waals surface area contributed by atoms with Gasteiger partial charge in [-0.1, -0.05) is 30.7 Å². The molecule has 104 valence electrons. The predicted molar refractivity (Wildman–Crippen MR) is 81.4 cm³/mol. The Bertz CT molecular complexity index is 421. The van der Waals surface area contributed by atoms with Crippen LogP contribution in [0.1, 0.15) is 32.3 Å². The van der Waals surface area contributed by atoms with Crippen molar-refractivity contribution in [3.8, 4) is 0 Å². The van der Waals surface area contributed by atoms with E-state index < -0.39 is 0 Å². The fourth-order valence-electron chi connectivity index (χ4n) is 3.02. The smallest absolute Gasteiger partial charge is 0.0471 e. The van der Waals surface area contributed by atoms with Crippen LogP contribution in [0.25, 0.3) is 0 Å². The van der Waals surface area contributed by atoms with Gasteiger partial charge in [-0.05, 0) is 55.7 Å². The zero-order valence-electron chi connectivity index (χ0n) is 12.0. The largest absolute Gasteiger partial charge is 0.396 e. The molecule has 0 heterocycles. The molecular formula is C17H25NO. The predicted octanol–water partition coefficient (Wildman–Crippen LogP) is 3.63. The molecule has 1 aromatic carbocycles. The Morgan fingerprint density at radius 2 is 2.00 bits per heavy atom. The standard InChI is InChI=1S/C17H25NO/c1-13-9-14(2)11-16(10-13)12-18-17-5-3-15(4-6-17)7-8-19/h3-6,9,13,16,18-19H,7-8,10-12H2,1-2H3. The van der Waals surface area contributed by atoms with E-state index in [4.69, 9.17) is 5.11 Å². The van der Waals surface area contributed by atoms with Crippen molar-refractivity contribution in [1.29, 1.82) is 0 Å². The van der Waals surface area contributed by atoms with Gasteiger partial charge in [0.1, 0.15) is 0 Å². The lowest BCUT2D eigenvalue weighted by atomic mass is 9.84. The summed E-state index contributed by atoms with van der Waals surface area (Å²) in [5.41, 5.74) is 3.91. The molecule has 0 saturated heterocycles.